The number of ether oxygens (including phenoxy) is 2. The molecule has 0 saturated heterocycles. The van der Waals surface area contributed by atoms with Gasteiger partial charge in [0.15, 0.2) is 0 Å². The van der Waals surface area contributed by atoms with Gasteiger partial charge in [0.1, 0.15) is 23.1 Å². The number of nitrogens with one attached hydrogen (secondary N) is 2. The first-order valence-electron chi connectivity index (χ1n) is 9.78. The first kappa shape index (κ1) is 21.8. The normalized spacial score (nSPS) is 13.0. The van der Waals surface area contributed by atoms with Gasteiger partial charge in [0.2, 0.25) is 0 Å². The Bertz CT molecular complexity index is 831. The lowest BCUT2D eigenvalue weighted by Gasteiger charge is -2.25. The molecule has 1 aromatic heterocycles. The molecule has 2 rings (SSSR count). The Morgan fingerprint density at radius 3 is 2.39 bits per heavy atom. The van der Waals surface area contributed by atoms with Crippen molar-refractivity contribution in [2.45, 2.75) is 72.6 Å². The lowest BCUT2D eigenvalue weighted by molar-refractivity contribution is -0.157. The van der Waals surface area contributed by atoms with E-state index in [0.717, 1.165) is 10.9 Å². The van der Waals surface area contributed by atoms with E-state index in [4.69, 9.17) is 9.47 Å². The summed E-state index contributed by atoms with van der Waals surface area (Å²) in [5.74, 6) is 0.179. The Labute approximate surface area is 167 Å². The Hall–Kier alpha value is -2.50. The van der Waals surface area contributed by atoms with Crippen LogP contribution in [-0.2, 0) is 9.53 Å². The minimum absolute atomic E-state index is 0.0281. The first-order chi connectivity index (χ1) is 13.0. The predicted molar refractivity (Wildman–Crippen MR) is 111 cm³/mol. The van der Waals surface area contributed by atoms with Crippen LogP contribution in [0, 0.1) is 5.92 Å². The molecule has 0 aliphatic rings. The van der Waals surface area contributed by atoms with E-state index in [-0.39, 0.29) is 17.9 Å². The molecule has 0 unspecified atom stereocenters. The van der Waals surface area contributed by atoms with Crippen molar-refractivity contribution >= 4 is 22.8 Å². The average Bonchev–Trinajstić information content (AvgIpc) is 2.97. The van der Waals surface area contributed by atoms with Gasteiger partial charge in [0.05, 0.1) is 6.10 Å². The third-order valence-electron chi connectivity index (χ3n) is 3.94. The largest absolute Gasteiger partial charge is 0.490 e. The van der Waals surface area contributed by atoms with E-state index in [2.05, 4.69) is 10.3 Å². The van der Waals surface area contributed by atoms with Gasteiger partial charge in [-0.05, 0) is 65.2 Å². The quantitative estimate of drug-likeness (QED) is 0.687. The van der Waals surface area contributed by atoms with Gasteiger partial charge >= 0.3 is 5.97 Å². The second-order valence-corrected chi connectivity index (χ2v) is 8.76. The molecular formula is C22H32N2O4. The van der Waals surface area contributed by atoms with E-state index < -0.39 is 17.6 Å². The van der Waals surface area contributed by atoms with Crippen molar-refractivity contribution in [3.63, 3.8) is 0 Å². The first-order valence-corrected chi connectivity index (χ1v) is 9.78. The van der Waals surface area contributed by atoms with E-state index in [9.17, 15) is 9.59 Å². The van der Waals surface area contributed by atoms with Crippen molar-refractivity contribution < 1.29 is 19.1 Å². The lowest BCUT2D eigenvalue weighted by Crippen LogP contribution is -2.45. The number of fused-ring (bicyclic) bond motifs is 1. The third kappa shape index (κ3) is 6.01. The van der Waals surface area contributed by atoms with Crippen LogP contribution in [0.25, 0.3) is 10.9 Å². The second-order valence-electron chi connectivity index (χ2n) is 8.76. The van der Waals surface area contributed by atoms with Crippen LogP contribution in [0.15, 0.2) is 24.3 Å². The number of esters is 1. The topological polar surface area (TPSA) is 80.4 Å². The molecular weight excluding hydrogens is 356 g/mol. The molecule has 0 spiro atoms. The van der Waals surface area contributed by atoms with E-state index in [1.54, 1.807) is 6.07 Å². The number of aromatic amines is 1. The average molecular weight is 389 g/mol. The van der Waals surface area contributed by atoms with E-state index in [0.29, 0.717) is 17.9 Å². The Kier molecular flexibility index (Phi) is 6.75. The molecule has 6 nitrogen and oxygen atoms in total. The molecule has 0 radical (unpaired) electrons. The van der Waals surface area contributed by atoms with E-state index in [1.165, 1.54) is 0 Å². The number of amides is 1. The summed E-state index contributed by atoms with van der Waals surface area (Å²) in [5, 5.41) is 3.66. The summed E-state index contributed by atoms with van der Waals surface area (Å²) in [6.45, 7) is 13.4. The number of hydrogen-bond donors (Lipinski definition) is 2. The number of rotatable bonds is 7. The minimum Gasteiger partial charge on any atom is -0.490 e. The van der Waals surface area contributed by atoms with Crippen LogP contribution in [0.3, 0.4) is 0 Å². The molecule has 1 heterocycles. The fourth-order valence-corrected chi connectivity index (χ4v) is 2.90. The molecule has 1 atom stereocenters. The Balaban J connectivity index is 2.24. The predicted octanol–water partition coefficient (Wildman–Crippen LogP) is 4.44. The van der Waals surface area contributed by atoms with Gasteiger partial charge in [-0.1, -0.05) is 19.9 Å². The molecule has 154 valence electrons. The highest BCUT2D eigenvalue weighted by Gasteiger charge is 2.28. The third-order valence-corrected chi connectivity index (χ3v) is 3.94. The molecule has 28 heavy (non-hydrogen) atoms. The molecule has 0 saturated carbocycles. The highest BCUT2D eigenvalue weighted by molar-refractivity contribution is 6.01. The highest BCUT2D eigenvalue weighted by Crippen LogP contribution is 2.27. The van der Waals surface area contributed by atoms with Gasteiger partial charge in [0, 0.05) is 10.9 Å². The minimum atomic E-state index is -0.704. The van der Waals surface area contributed by atoms with Crippen LogP contribution in [-0.4, -0.2) is 34.6 Å². The van der Waals surface area contributed by atoms with Crippen molar-refractivity contribution in [1.29, 1.82) is 0 Å². The van der Waals surface area contributed by atoms with Crippen LogP contribution in [0.1, 0.15) is 65.4 Å². The van der Waals surface area contributed by atoms with Crippen LogP contribution in [0.5, 0.6) is 5.75 Å². The standard InChI is InChI=1S/C22H32N2O4/c1-13(2)11-18(21(26)28-22(5,6)7)24-20(25)17-12-15-16(23-17)9-8-10-19(15)27-14(3)4/h8-10,12-14,18,23H,11H2,1-7H3,(H,24,25)/t18-/m0/s1. The SMILES string of the molecule is CC(C)C[C@H](NC(=O)c1cc2c(OC(C)C)cccc2[nH]1)C(=O)OC(C)(C)C. The second kappa shape index (κ2) is 8.67. The summed E-state index contributed by atoms with van der Waals surface area (Å²) in [5.41, 5.74) is 0.578. The van der Waals surface area contributed by atoms with Crippen molar-refractivity contribution in [2.75, 3.05) is 0 Å². The fraction of sp³-hybridized carbons (Fsp3) is 0.545. The maximum atomic E-state index is 12.8. The molecule has 1 amide bonds. The number of H-pyrrole nitrogens is 1. The van der Waals surface area contributed by atoms with Crippen LogP contribution in [0.4, 0.5) is 0 Å². The van der Waals surface area contributed by atoms with Crippen LogP contribution in [0.2, 0.25) is 0 Å². The zero-order valence-corrected chi connectivity index (χ0v) is 17.9. The molecule has 0 bridgehead atoms. The van der Waals surface area contributed by atoms with Crippen LogP contribution < -0.4 is 10.1 Å². The molecule has 2 aromatic rings. The van der Waals surface area contributed by atoms with Crippen molar-refractivity contribution in [1.82, 2.24) is 10.3 Å². The number of aromatic nitrogens is 1. The van der Waals surface area contributed by atoms with Crippen molar-refractivity contribution in [3.05, 3.63) is 30.0 Å². The molecule has 6 heteroatoms. The van der Waals surface area contributed by atoms with E-state index >= 15 is 0 Å². The zero-order chi connectivity index (χ0) is 21.1. The van der Waals surface area contributed by atoms with Gasteiger partial charge in [-0.15, -0.1) is 0 Å². The highest BCUT2D eigenvalue weighted by atomic mass is 16.6. The smallest absolute Gasteiger partial charge is 0.329 e. The summed E-state index contributed by atoms with van der Waals surface area (Å²) < 4.78 is 11.3. The maximum Gasteiger partial charge on any atom is 0.329 e. The van der Waals surface area contributed by atoms with Gasteiger partial charge in [-0.2, -0.15) is 0 Å². The number of carbonyl (C=O) groups is 2. The number of hydrogen-bond acceptors (Lipinski definition) is 4. The molecule has 1 aromatic carbocycles. The number of benzene rings is 1. The number of carbonyl (C=O) groups excluding carboxylic acids is 2. The summed E-state index contributed by atoms with van der Waals surface area (Å²) in [7, 11) is 0. The summed E-state index contributed by atoms with van der Waals surface area (Å²) in [4.78, 5) is 28.5. The maximum absolute atomic E-state index is 12.8. The summed E-state index contributed by atoms with van der Waals surface area (Å²) >= 11 is 0. The fourth-order valence-electron chi connectivity index (χ4n) is 2.90. The monoisotopic (exact) mass is 388 g/mol. The summed E-state index contributed by atoms with van der Waals surface area (Å²) in [6, 6.07) is 6.69. The van der Waals surface area contributed by atoms with Gasteiger partial charge < -0.3 is 19.8 Å². The van der Waals surface area contributed by atoms with Gasteiger partial charge in [-0.3, -0.25) is 4.79 Å². The Morgan fingerprint density at radius 2 is 1.82 bits per heavy atom. The van der Waals surface area contributed by atoms with Gasteiger partial charge in [0.25, 0.3) is 5.91 Å². The zero-order valence-electron chi connectivity index (χ0n) is 17.9. The molecule has 0 aliphatic carbocycles. The van der Waals surface area contributed by atoms with E-state index in [1.807, 2.05) is 66.7 Å². The van der Waals surface area contributed by atoms with Crippen molar-refractivity contribution in [3.8, 4) is 5.75 Å². The lowest BCUT2D eigenvalue weighted by atomic mass is 10.0. The Morgan fingerprint density at radius 1 is 1.14 bits per heavy atom. The summed E-state index contributed by atoms with van der Waals surface area (Å²) in [6.07, 6.45) is 0.531. The molecule has 0 aliphatic heterocycles. The molecule has 0 fully saturated rings. The van der Waals surface area contributed by atoms with Gasteiger partial charge in [-0.25, -0.2) is 4.79 Å². The van der Waals surface area contributed by atoms with Crippen molar-refractivity contribution in [2.24, 2.45) is 5.92 Å². The van der Waals surface area contributed by atoms with Crippen LogP contribution >= 0.6 is 0 Å². The molecule has 2 N–H and O–H groups in total.